The lowest BCUT2D eigenvalue weighted by atomic mass is 10.2. The summed E-state index contributed by atoms with van der Waals surface area (Å²) in [6, 6.07) is 2.53. The number of carbonyl (C=O) groups excluding carboxylic acids is 1. The van der Waals surface area contributed by atoms with E-state index in [2.05, 4.69) is 27.6 Å². The summed E-state index contributed by atoms with van der Waals surface area (Å²) in [6.45, 7) is 4.37. The molecule has 1 aromatic rings. The van der Waals surface area contributed by atoms with Crippen LogP contribution in [0.5, 0.6) is 0 Å². The lowest BCUT2D eigenvalue weighted by Crippen LogP contribution is -2.37. The van der Waals surface area contributed by atoms with Crippen LogP contribution in [0.3, 0.4) is 0 Å². The minimum absolute atomic E-state index is 0.0566. The number of amides is 1. The number of carbonyl (C=O) groups is 1. The lowest BCUT2D eigenvalue weighted by Gasteiger charge is -2.24. The van der Waals surface area contributed by atoms with E-state index in [9.17, 15) is 4.79 Å². The molecule has 1 amide bonds. The fourth-order valence-corrected chi connectivity index (χ4v) is 2.89. The maximum absolute atomic E-state index is 12.2. The summed E-state index contributed by atoms with van der Waals surface area (Å²) in [4.78, 5) is 18.6. The summed E-state index contributed by atoms with van der Waals surface area (Å²) >= 11 is 0. The molecule has 2 rings (SSSR count). The van der Waals surface area contributed by atoms with E-state index in [-0.39, 0.29) is 5.91 Å². The van der Waals surface area contributed by atoms with Crippen LogP contribution in [0.1, 0.15) is 43.0 Å². The highest BCUT2D eigenvalue weighted by atomic mass is 16.1. The van der Waals surface area contributed by atoms with Crippen molar-refractivity contribution in [2.75, 3.05) is 32.0 Å². The second-order valence-corrected chi connectivity index (χ2v) is 5.63. The van der Waals surface area contributed by atoms with Gasteiger partial charge in [-0.2, -0.15) is 0 Å². The van der Waals surface area contributed by atoms with Gasteiger partial charge in [-0.15, -0.1) is 0 Å². The van der Waals surface area contributed by atoms with Gasteiger partial charge in [-0.3, -0.25) is 9.78 Å². The molecule has 1 aromatic heterocycles. The van der Waals surface area contributed by atoms with Gasteiger partial charge in [0.15, 0.2) is 0 Å². The van der Waals surface area contributed by atoms with E-state index in [1.165, 1.54) is 25.7 Å². The number of nitrogens with zero attached hydrogens (tertiary/aromatic N) is 2. The normalized spacial score (nSPS) is 15.4. The predicted molar refractivity (Wildman–Crippen MR) is 85.6 cm³/mol. The highest BCUT2D eigenvalue weighted by Gasteiger charge is 2.19. The van der Waals surface area contributed by atoms with Crippen molar-refractivity contribution < 1.29 is 4.79 Å². The van der Waals surface area contributed by atoms with Crippen LogP contribution in [0.4, 0.5) is 5.69 Å². The van der Waals surface area contributed by atoms with Gasteiger partial charge in [-0.25, -0.2) is 0 Å². The summed E-state index contributed by atoms with van der Waals surface area (Å²) in [5.74, 6) is -0.0566. The Morgan fingerprint density at radius 3 is 2.90 bits per heavy atom. The third-order valence-corrected chi connectivity index (χ3v) is 4.13. The molecule has 1 heterocycles. The lowest BCUT2D eigenvalue weighted by molar-refractivity contribution is 0.0947. The number of rotatable bonds is 7. The monoisotopic (exact) mass is 290 g/mol. The van der Waals surface area contributed by atoms with E-state index in [1.807, 2.05) is 13.0 Å². The molecule has 0 spiro atoms. The second kappa shape index (κ2) is 7.98. The Labute approximate surface area is 127 Å². The summed E-state index contributed by atoms with van der Waals surface area (Å²) in [6.07, 6.45) is 8.57. The first-order chi connectivity index (χ1) is 10.2. The van der Waals surface area contributed by atoms with Gasteiger partial charge in [0.2, 0.25) is 0 Å². The van der Waals surface area contributed by atoms with Crippen LogP contribution in [0.2, 0.25) is 0 Å². The van der Waals surface area contributed by atoms with Crippen LogP contribution in [0.25, 0.3) is 0 Å². The van der Waals surface area contributed by atoms with Gasteiger partial charge >= 0.3 is 0 Å². The molecule has 116 valence electrons. The third kappa shape index (κ3) is 4.43. The van der Waals surface area contributed by atoms with E-state index < -0.39 is 0 Å². The zero-order valence-electron chi connectivity index (χ0n) is 13.1. The van der Waals surface area contributed by atoms with E-state index in [0.29, 0.717) is 18.2 Å². The quantitative estimate of drug-likeness (QED) is 0.807. The van der Waals surface area contributed by atoms with Gasteiger partial charge in [0, 0.05) is 38.1 Å². The van der Waals surface area contributed by atoms with E-state index in [4.69, 9.17) is 0 Å². The van der Waals surface area contributed by atoms with Crippen LogP contribution in [0, 0.1) is 0 Å². The van der Waals surface area contributed by atoms with E-state index in [0.717, 1.165) is 18.8 Å². The molecule has 1 aliphatic carbocycles. The highest BCUT2D eigenvalue weighted by Crippen LogP contribution is 2.21. The van der Waals surface area contributed by atoms with E-state index in [1.54, 1.807) is 12.4 Å². The molecular formula is C16H26N4O. The first-order valence-electron chi connectivity index (χ1n) is 7.88. The number of anilines is 1. The minimum Gasteiger partial charge on any atom is -0.385 e. The highest BCUT2D eigenvalue weighted by molar-refractivity contribution is 5.99. The number of aromatic nitrogens is 1. The SMILES string of the molecule is CCNc1ccncc1C(=O)NCCN(C)C1CCCC1. The Bertz CT molecular complexity index is 457. The Kier molecular flexibility index (Phi) is 5.99. The second-order valence-electron chi connectivity index (χ2n) is 5.63. The smallest absolute Gasteiger partial charge is 0.254 e. The fourth-order valence-electron chi connectivity index (χ4n) is 2.89. The molecule has 21 heavy (non-hydrogen) atoms. The van der Waals surface area contributed by atoms with Gasteiger partial charge in [-0.1, -0.05) is 12.8 Å². The number of nitrogens with one attached hydrogen (secondary N) is 2. The van der Waals surface area contributed by atoms with Gasteiger partial charge in [0.1, 0.15) is 0 Å². The summed E-state index contributed by atoms with van der Waals surface area (Å²) in [5.41, 5.74) is 1.46. The fraction of sp³-hybridized carbons (Fsp3) is 0.625. The van der Waals surface area contributed by atoms with Gasteiger partial charge in [0.25, 0.3) is 5.91 Å². The maximum atomic E-state index is 12.2. The largest absolute Gasteiger partial charge is 0.385 e. The molecule has 1 aliphatic rings. The van der Waals surface area contributed by atoms with Crippen molar-refractivity contribution in [1.29, 1.82) is 0 Å². The molecular weight excluding hydrogens is 264 g/mol. The van der Waals surface area contributed by atoms with Crippen molar-refractivity contribution in [3.8, 4) is 0 Å². The molecule has 0 unspecified atom stereocenters. The Morgan fingerprint density at radius 1 is 1.43 bits per heavy atom. The van der Waals surface area contributed by atoms with Crippen LogP contribution < -0.4 is 10.6 Å². The number of hydrogen-bond acceptors (Lipinski definition) is 4. The topological polar surface area (TPSA) is 57.3 Å². The van der Waals surface area contributed by atoms with Crippen molar-refractivity contribution in [2.45, 2.75) is 38.6 Å². The third-order valence-electron chi connectivity index (χ3n) is 4.13. The summed E-state index contributed by atoms with van der Waals surface area (Å²) < 4.78 is 0. The molecule has 0 atom stereocenters. The number of likely N-dealkylation sites (N-methyl/N-ethyl adjacent to an activating group) is 1. The molecule has 0 saturated heterocycles. The Hall–Kier alpha value is -1.62. The zero-order chi connectivity index (χ0) is 15.1. The molecule has 0 radical (unpaired) electrons. The van der Waals surface area contributed by atoms with Gasteiger partial charge in [-0.05, 0) is 32.9 Å². The average Bonchev–Trinajstić information content (AvgIpc) is 3.02. The predicted octanol–water partition coefficient (Wildman–Crippen LogP) is 2.12. The van der Waals surface area contributed by atoms with Crippen LogP contribution in [0.15, 0.2) is 18.5 Å². The maximum Gasteiger partial charge on any atom is 0.254 e. The van der Waals surface area contributed by atoms with Crippen LogP contribution in [-0.2, 0) is 0 Å². The van der Waals surface area contributed by atoms with Crippen molar-refractivity contribution in [3.05, 3.63) is 24.0 Å². The van der Waals surface area contributed by atoms with Crippen LogP contribution >= 0.6 is 0 Å². The zero-order valence-corrected chi connectivity index (χ0v) is 13.1. The first-order valence-corrected chi connectivity index (χ1v) is 7.88. The average molecular weight is 290 g/mol. The first kappa shape index (κ1) is 15.8. The van der Waals surface area contributed by atoms with E-state index >= 15 is 0 Å². The van der Waals surface area contributed by atoms with Crippen molar-refractivity contribution in [3.63, 3.8) is 0 Å². The van der Waals surface area contributed by atoms with Crippen molar-refractivity contribution >= 4 is 11.6 Å². The standard InChI is InChI=1S/C16H26N4O/c1-3-18-15-8-9-17-12-14(15)16(21)19-10-11-20(2)13-6-4-5-7-13/h8-9,12-13H,3-7,10-11H2,1-2H3,(H,17,18)(H,19,21). The molecule has 0 aliphatic heterocycles. The van der Waals surface area contributed by atoms with Crippen LogP contribution in [-0.4, -0.2) is 48.5 Å². The molecule has 0 bridgehead atoms. The molecule has 1 fully saturated rings. The Morgan fingerprint density at radius 2 is 2.19 bits per heavy atom. The molecule has 1 saturated carbocycles. The molecule has 0 aromatic carbocycles. The number of pyridine rings is 1. The molecule has 2 N–H and O–H groups in total. The Balaban J connectivity index is 1.81. The molecule has 5 nitrogen and oxygen atoms in total. The summed E-state index contributed by atoms with van der Waals surface area (Å²) in [5, 5.41) is 6.18. The number of hydrogen-bond donors (Lipinski definition) is 2. The van der Waals surface area contributed by atoms with Gasteiger partial charge < -0.3 is 15.5 Å². The molecule has 5 heteroatoms. The summed E-state index contributed by atoms with van der Waals surface area (Å²) in [7, 11) is 2.15. The van der Waals surface area contributed by atoms with Gasteiger partial charge in [0.05, 0.1) is 11.3 Å². The minimum atomic E-state index is -0.0566. The van der Waals surface area contributed by atoms with Crippen molar-refractivity contribution in [1.82, 2.24) is 15.2 Å². The van der Waals surface area contributed by atoms with Crippen molar-refractivity contribution in [2.24, 2.45) is 0 Å².